The molecule has 0 radical (unpaired) electrons. The summed E-state index contributed by atoms with van der Waals surface area (Å²) in [6.07, 6.45) is 0.469. The third-order valence-electron chi connectivity index (χ3n) is 2.88. The fourth-order valence-electron chi connectivity index (χ4n) is 1.96. The molecule has 1 saturated heterocycles. The molecule has 20 heavy (non-hydrogen) atoms. The molecule has 1 aromatic rings. The van der Waals surface area contributed by atoms with Crippen LogP contribution in [0.15, 0.2) is 0 Å². The van der Waals surface area contributed by atoms with E-state index in [1.54, 1.807) is 11.3 Å². The number of carbonyl (C=O) groups excluding carboxylic acids is 1. The van der Waals surface area contributed by atoms with Crippen LogP contribution in [0.4, 0.5) is 0 Å². The van der Waals surface area contributed by atoms with Crippen molar-refractivity contribution in [2.75, 3.05) is 19.8 Å². The predicted octanol–water partition coefficient (Wildman–Crippen LogP) is 1.60. The number of ether oxygens (including phenoxy) is 1. The van der Waals surface area contributed by atoms with Gasteiger partial charge in [-0.05, 0) is 13.8 Å². The van der Waals surface area contributed by atoms with Gasteiger partial charge in [-0.2, -0.15) is 0 Å². The van der Waals surface area contributed by atoms with Crippen LogP contribution in [0.25, 0.3) is 0 Å². The summed E-state index contributed by atoms with van der Waals surface area (Å²) in [5.41, 5.74) is 1.01. The number of halogens is 2. The Morgan fingerprint density at radius 3 is 2.80 bits per heavy atom. The smallest absolute Gasteiger partial charge is 0.221 e. The highest BCUT2D eigenvalue weighted by Gasteiger charge is 2.17. The van der Waals surface area contributed by atoms with Crippen LogP contribution >= 0.6 is 36.2 Å². The third-order valence-corrected chi connectivity index (χ3v) is 3.95. The monoisotopic (exact) mass is 341 g/mol. The average Bonchev–Trinajstić information content (AvgIpc) is 2.66. The number of hydrogen-bond donors (Lipinski definition) is 2. The second-order valence-corrected chi connectivity index (χ2v) is 5.74. The quantitative estimate of drug-likeness (QED) is 0.873. The van der Waals surface area contributed by atoms with E-state index in [1.807, 2.05) is 13.8 Å². The lowest BCUT2D eigenvalue weighted by Gasteiger charge is -2.23. The molecule has 8 heteroatoms. The maximum atomic E-state index is 11.8. The number of morpholine rings is 1. The van der Waals surface area contributed by atoms with Crippen LogP contribution in [0.2, 0.25) is 0 Å². The molecule has 1 aliphatic rings. The molecule has 0 bridgehead atoms. The van der Waals surface area contributed by atoms with Crippen molar-refractivity contribution in [2.45, 2.75) is 32.9 Å². The minimum Gasteiger partial charge on any atom is -0.378 e. The Balaban J connectivity index is 0.00000180. The molecule has 1 amide bonds. The van der Waals surface area contributed by atoms with E-state index in [1.165, 1.54) is 0 Å². The number of thiazole rings is 1. The van der Waals surface area contributed by atoms with Gasteiger partial charge < -0.3 is 15.4 Å². The summed E-state index contributed by atoms with van der Waals surface area (Å²) in [6.45, 7) is 6.70. The van der Waals surface area contributed by atoms with Crippen LogP contribution in [-0.4, -0.2) is 36.7 Å². The van der Waals surface area contributed by atoms with E-state index < -0.39 is 0 Å². The number of aryl methyl sites for hydroxylation is 2. The van der Waals surface area contributed by atoms with Gasteiger partial charge in [0.25, 0.3) is 0 Å². The van der Waals surface area contributed by atoms with Gasteiger partial charge >= 0.3 is 0 Å². The molecule has 2 heterocycles. The minimum atomic E-state index is 0. The summed E-state index contributed by atoms with van der Waals surface area (Å²) in [7, 11) is 0. The van der Waals surface area contributed by atoms with E-state index in [0.717, 1.165) is 28.7 Å². The van der Waals surface area contributed by atoms with Gasteiger partial charge in [0, 0.05) is 23.9 Å². The van der Waals surface area contributed by atoms with Crippen LogP contribution in [0, 0.1) is 13.8 Å². The van der Waals surface area contributed by atoms with Crippen LogP contribution in [0.1, 0.15) is 22.0 Å². The lowest BCUT2D eigenvalue weighted by Crippen LogP contribution is -2.44. The van der Waals surface area contributed by atoms with Gasteiger partial charge in [-0.1, -0.05) is 0 Å². The van der Waals surface area contributed by atoms with Gasteiger partial charge in [0.2, 0.25) is 5.91 Å². The standard InChI is InChI=1S/C12H19N3O2S.2ClH/c1-8-11(18-9(2)15-8)6-14-12(16)5-10-7-17-4-3-13-10;;/h10,13H,3-7H2,1-2H3,(H,14,16);2*1H. The number of hydrogen-bond acceptors (Lipinski definition) is 5. The summed E-state index contributed by atoms with van der Waals surface area (Å²) in [6, 6.07) is 0.142. The summed E-state index contributed by atoms with van der Waals surface area (Å²) < 4.78 is 5.32. The van der Waals surface area contributed by atoms with Gasteiger partial charge in [-0.3, -0.25) is 4.79 Å². The molecule has 116 valence electrons. The molecule has 1 aliphatic heterocycles. The van der Waals surface area contributed by atoms with Gasteiger partial charge in [0.15, 0.2) is 0 Å². The number of rotatable bonds is 4. The highest BCUT2D eigenvalue weighted by molar-refractivity contribution is 7.11. The lowest BCUT2D eigenvalue weighted by molar-refractivity contribution is -0.122. The molecule has 5 nitrogen and oxygen atoms in total. The van der Waals surface area contributed by atoms with Gasteiger partial charge in [0.1, 0.15) is 0 Å². The molecular weight excluding hydrogens is 321 g/mol. The van der Waals surface area contributed by atoms with Crippen molar-refractivity contribution in [3.8, 4) is 0 Å². The molecule has 0 spiro atoms. The van der Waals surface area contributed by atoms with E-state index >= 15 is 0 Å². The Hall–Kier alpha value is -0.400. The molecule has 1 aromatic heterocycles. The van der Waals surface area contributed by atoms with E-state index in [9.17, 15) is 4.79 Å². The van der Waals surface area contributed by atoms with Crippen LogP contribution < -0.4 is 10.6 Å². The van der Waals surface area contributed by atoms with E-state index in [2.05, 4.69) is 15.6 Å². The first-order chi connectivity index (χ1) is 8.65. The zero-order valence-electron chi connectivity index (χ0n) is 11.6. The number of nitrogens with one attached hydrogen (secondary N) is 2. The van der Waals surface area contributed by atoms with E-state index in [0.29, 0.717) is 19.6 Å². The molecule has 2 rings (SSSR count). The molecule has 1 atom stereocenters. The molecule has 1 unspecified atom stereocenters. The fraction of sp³-hybridized carbons (Fsp3) is 0.667. The first-order valence-corrected chi connectivity index (χ1v) is 6.97. The van der Waals surface area contributed by atoms with Crippen molar-refractivity contribution >= 4 is 42.1 Å². The molecule has 0 saturated carbocycles. The second-order valence-electron chi connectivity index (χ2n) is 4.45. The topological polar surface area (TPSA) is 63.2 Å². The number of aromatic nitrogens is 1. The van der Waals surface area contributed by atoms with E-state index in [-0.39, 0.29) is 36.8 Å². The molecule has 2 N–H and O–H groups in total. The summed E-state index contributed by atoms with van der Waals surface area (Å²) >= 11 is 1.64. The molecule has 1 fully saturated rings. The van der Waals surface area contributed by atoms with Crippen molar-refractivity contribution in [3.63, 3.8) is 0 Å². The van der Waals surface area contributed by atoms with E-state index in [4.69, 9.17) is 4.74 Å². The lowest BCUT2D eigenvalue weighted by atomic mass is 10.2. The van der Waals surface area contributed by atoms with Gasteiger partial charge in [-0.25, -0.2) is 4.98 Å². The average molecular weight is 342 g/mol. The Bertz CT molecular complexity index is 423. The maximum Gasteiger partial charge on any atom is 0.221 e. The highest BCUT2D eigenvalue weighted by Crippen LogP contribution is 2.16. The Morgan fingerprint density at radius 2 is 2.25 bits per heavy atom. The Kier molecular flexibility index (Phi) is 9.33. The van der Waals surface area contributed by atoms with Crippen molar-refractivity contribution in [1.82, 2.24) is 15.6 Å². The SMILES string of the molecule is Cc1nc(C)c(CNC(=O)CC2COCCN2)s1.Cl.Cl. The van der Waals surface area contributed by atoms with Gasteiger partial charge in [0.05, 0.1) is 30.5 Å². The number of carbonyl (C=O) groups is 1. The zero-order valence-corrected chi connectivity index (χ0v) is 14.1. The number of amides is 1. The van der Waals surface area contributed by atoms with Crippen molar-refractivity contribution in [3.05, 3.63) is 15.6 Å². The summed E-state index contributed by atoms with van der Waals surface area (Å²) in [5, 5.41) is 7.25. The molecular formula is C12H21Cl2N3O2S. The first kappa shape index (κ1) is 19.6. The van der Waals surface area contributed by atoms with Crippen molar-refractivity contribution in [1.29, 1.82) is 0 Å². The largest absolute Gasteiger partial charge is 0.378 e. The summed E-state index contributed by atoms with van der Waals surface area (Å²) in [5.74, 6) is 0.0588. The molecule has 0 aliphatic carbocycles. The first-order valence-electron chi connectivity index (χ1n) is 6.16. The Morgan fingerprint density at radius 1 is 1.50 bits per heavy atom. The van der Waals surface area contributed by atoms with Gasteiger partial charge in [-0.15, -0.1) is 36.2 Å². The highest BCUT2D eigenvalue weighted by atomic mass is 35.5. The molecule has 0 aromatic carbocycles. The third kappa shape index (κ3) is 5.93. The van der Waals surface area contributed by atoms with Crippen LogP contribution in [0.5, 0.6) is 0 Å². The van der Waals surface area contributed by atoms with Crippen LogP contribution in [-0.2, 0) is 16.1 Å². The fourth-order valence-corrected chi connectivity index (χ4v) is 2.84. The van der Waals surface area contributed by atoms with Crippen molar-refractivity contribution in [2.24, 2.45) is 0 Å². The second kappa shape index (κ2) is 9.52. The Labute approximate surface area is 135 Å². The predicted molar refractivity (Wildman–Crippen MR) is 85.2 cm³/mol. The van der Waals surface area contributed by atoms with Crippen molar-refractivity contribution < 1.29 is 9.53 Å². The minimum absolute atomic E-state index is 0. The zero-order chi connectivity index (χ0) is 13.0. The number of nitrogens with zero attached hydrogens (tertiary/aromatic N) is 1. The summed E-state index contributed by atoms with van der Waals surface area (Å²) in [4.78, 5) is 17.3. The normalized spacial score (nSPS) is 17.8. The maximum absolute atomic E-state index is 11.8. The van der Waals surface area contributed by atoms with Crippen LogP contribution in [0.3, 0.4) is 0 Å².